The molecule has 0 amide bonds. The summed E-state index contributed by atoms with van der Waals surface area (Å²) in [6.07, 6.45) is 4.21. The van der Waals surface area contributed by atoms with Crippen molar-refractivity contribution in [3.63, 3.8) is 0 Å². The van der Waals surface area contributed by atoms with Crippen molar-refractivity contribution in [3.05, 3.63) is 35.4 Å². The predicted octanol–water partition coefficient (Wildman–Crippen LogP) is 3.18. The highest BCUT2D eigenvalue weighted by molar-refractivity contribution is 5.61. The third-order valence-corrected chi connectivity index (χ3v) is 2.21. The lowest BCUT2D eigenvalue weighted by molar-refractivity contribution is 0.159. The normalized spacial score (nSPS) is 17.8. The summed E-state index contributed by atoms with van der Waals surface area (Å²) in [6.45, 7) is 6.21. The fraction of sp³-hybridized carbons (Fsp3) is 0.333. The SMILES string of the molecule is Cc1ccc2c(c1)OC(C)(C)C=C2. The molecule has 0 N–H and O–H groups in total. The van der Waals surface area contributed by atoms with Crippen LogP contribution in [0.1, 0.15) is 25.0 Å². The predicted molar refractivity (Wildman–Crippen MR) is 54.9 cm³/mol. The van der Waals surface area contributed by atoms with E-state index in [1.807, 2.05) is 0 Å². The average molecular weight is 174 g/mol. The summed E-state index contributed by atoms with van der Waals surface area (Å²) in [6, 6.07) is 6.28. The van der Waals surface area contributed by atoms with Crippen LogP contribution in [0.25, 0.3) is 6.08 Å². The Hall–Kier alpha value is -1.24. The van der Waals surface area contributed by atoms with Crippen molar-refractivity contribution in [1.29, 1.82) is 0 Å². The van der Waals surface area contributed by atoms with E-state index in [-0.39, 0.29) is 5.60 Å². The molecule has 1 heteroatoms. The minimum atomic E-state index is -0.166. The molecule has 1 nitrogen and oxygen atoms in total. The molecule has 1 aromatic rings. The van der Waals surface area contributed by atoms with Gasteiger partial charge in [0.05, 0.1) is 0 Å². The molecule has 1 heterocycles. The molecule has 0 fully saturated rings. The van der Waals surface area contributed by atoms with E-state index < -0.39 is 0 Å². The largest absolute Gasteiger partial charge is 0.483 e. The van der Waals surface area contributed by atoms with Crippen LogP contribution in [0.3, 0.4) is 0 Å². The second-order valence-electron chi connectivity index (χ2n) is 4.08. The minimum Gasteiger partial charge on any atom is -0.483 e. The first-order valence-electron chi connectivity index (χ1n) is 4.56. The highest BCUT2D eigenvalue weighted by Gasteiger charge is 2.20. The third-order valence-electron chi connectivity index (χ3n) is 2.21. The van der Waals surface area contributed by atoms with Crippen molar-refractivity contribution in [2.24, 2.45) is 0 Å². The Labute approximate surface area is 79.0 Å². The highest BCUT2D eigenvalue weighted by Crippen LogP contribution is 2.31. The summed E-state index contributed by atoms with van der Waals surface area (Å²) in [4.78, 5) is 0. The van der Waals surface area contributed by atoms with Crippen molar-refractivity contribution in [3.8, 4) is 5.75 Å². The van der Waals surface area contributed by atoms with Crippen LogP contribution in [-0.4, -0.2) is 5.60 Å². The van der Waals surface area contributed by atoms with Gasteiger partial charge in [-0.3, -0.25) is 0 Å². The van der Waals surface area contributed by atoms with E-state index in [1.54, 1.807) is 0 Å². The third kappa shape index (κ3) is 1.59. The van der Waals surface area contributed by atoms with Gasteiger partial charge in [-0.15, -0.1) is 0 Å². The molecule has 0 atom stereocenters. The number of aryl methyl sites for hydroxylation is 1. The number of hydrogen-bond acceptors (Lipinski definition) is 1. The Balaban J connectivity index is 2.48. The highest BCUT2D eigenvalue weighted by atomic mass is 16.5. The van der Waals surface area contributed by atoms with Gasteiger partial charge in [-0.05, 0) is 38.5 Å². The molecular formula is C12H14O. The van der Waals surface area contributed by atoms with E-state index in [1.165, 1.54) is 11.1 Å². The van der Waals surface area contributed by atoms with Crippen LogP contribution in [-0.2, 0) is 0 Å². The molecule has 1 aliphatic heterocycles. The van der Waals surface area contributed by atoms with Crippen molar-refractivity contribution >= 4 is 6.08 Å². The number of fused-ring (bicyclic) bond motifs is 1. The van der Waals surface area contributed by atoms with Crippen molar-refractivity contribution in [2.45, 2.75) is 26.4 Å². The smallest absolute Gasteiger partial charge is 0.128 e. The standard InChI is InChI=1S/C12H14O/c1-9-4-5-10-6-7-12(2,3)13-11(10)8-9/h4-8H,1-3H3. The van der Waals surface area contributed by atoms with Gasteiger partial charge in [0.1, 0.15) is 11.4 Å². The zero-order valence-electron chi connectivity index (χ0n) is 8.29. The quantitative estimate of drug-likeness (QED) is 0.587. The Morgan fingerprint density at radius 2 is 2.00 bits per heavy atom. The number of rotatable bonds is 0. The average Bonchev–Trinajstić information content (AvgIpc) is 2.01. The van der Waals surface area contributed by atoms with Crippen molar-refractivity contribution < 1.29 is 4.74 Å². The Morgan fingerprint density at radius 3 is 2.77 bits per heavy atom. The first-order valence-corrected chi connectivity index (χ1v) is 4.56. The van der Waals surface area contributed by atoms with Crippen LogP contribution in [0.2, 0.25) is 0 Å². The van der Waals surface area contributed by atoms with Crippen molar-refractivity contribution in [1.82, 2.24) is 0 Å². The molecular weight excluding hydrogens is 160 g/mol. The zero-order valence-corrected chi connectivity index (χ0v) is 8.29. The summed E-state index contributed by atoms with van der Waals surface area (Å²) < 4.78 is 5.81. The molecule has 2 rings (SSSR count). The van der Waals surface area contributed by atoms with Gasteiger partial charge in [0.2, 0.25) is 0 Å². The van der Waals surface area contributed by atoms with E-state index in [9.17, 15) is 0 Å². The zero-order chi connectivity index (χ0) is 9.47. The van der Waals surface area contributed by atoms with Crippen LogP contribution in [0.5, 0.6) is 5.75 Å². The van der Waals surface area contributed by atoms with E-state index in [0.717, 1.165) is 5.75 Å². The second kappa shape index (κ2) is 2.63. The summed E-state index contributed by atoms with van der Waals surface area (Å²) in [5.74, 6) is 0.993. The molecule has 0 bridgehead atoms. The molecule has 13 heavy (non-hydrogen) atoms. The first-order chi connectivity index (χ1) is 6.07. The van der Waals surface area contributed by atoms with Gasteiger partial charge >= 0.3 is 0 Å². The van der Waals surface area contributed by atoms with E-state index in [4.69, 9.17) is 4.74 Å². The molecule has 0 saturated carbocycles. The molecule has 0 saturated heterocycles. The van der Waals surface area contributed by atoms with Crippen molar-refractivity contribution in [2.75, 3.05) is 0 Å². The molecule has 0 unspecified atom stereocenters. The Morgan fingerprint density at radius 1 is 1.23 bits per heavy atom. The molecule has 0 radical (unpaired) electrons. The molecule has 1 aliphatic rings. The van der Waals surface area contributed by atoms with Crippen LogP contribution in [0.15, 0.2) is 24.3 Å². The molecule has 1 aromatic carbocycles. The summed E-state index contributed by atoms with van der Waals surface area (Å²) in [5.41, 5.74) is 2.25. The molecule has 0 aromatic heterocycles. The lowest BCUT2D eigenvalue weighted by atomic mass is 10.0. The number of hydrogen-bond donors (Lipinski definition) is 0. The molecule has 0 spiro atoms. The van der Waals surface area contributed by atoms with Crippen LogP contribution in [0, 0.1) is 6.92 Å². The maximum atomic E-state index is 5.81. The summed E-state index contributed by atoms with van der Waals surface area (Å²) >= 11 is 0. The lowest BCUT2D eigenvalue weighted by Crippen LogP contribution is -2.27. The van der Waals surface area contributed by atoms with Crippen LogP contribution < -0.4 is 4.74 Å². The van der Waals surface area contributed by atoms with Gasteiger partial charge in [0, 0.05) is 5.56 Å². The maximum absolute atomic E-state index is 5.81. The molecule has 68 valence electrons. The van der Waals surface area contributed by atoms with E-state index in [2.05, 4.69) is 51.1 Å². The van der Waals surface area contributed by atoms with Gasteiger partial charge in [-0.2, -0.15) is 0 Å². The monoisotopic (exact) mass is 174 g/mol. The van der Waals surface area contributed by atoms with E-state index >= 15 is 0 Å². The van der Waals surface area contributed by atoms with Gasteiger partial charge < -0.3 is 4.74 Å². The minimum absolute atomic E-state index is 0.166. The second-order valence-corrected chi connectivity index (χ2v) is 4.08. The summed E-state index contributed by atoms with van der Waals surface area (Å²) in [5, 5.41) is 0. The first kappa shape index (κ1) is 8.36. The van der Waals surface area contributed by atoms with Crippen LogP contribution in [0.4, 0.5) is 0 Å². The maximum Gasteiger partial charge on any atom is 0.128 e. The number of ether oxygens (including phenoxy) is 1. The number of benzene rings is 1. The fourth-order valence-electron chi connectivity index (χ4n) is 1.48. The summed E-state index contributed by atoms with van der Waals surface area (Å²) in [7, 11) is 0. The topological polar surface area (TPSA) is 9.23 Å². The molecule has 0 aliphatic carbocycles. The van der Waals surface area contributed by atoms with Gasteiger partial charge in [-0.1, -0.05) is 18.2 Å². The Bertz CT molecular complexity index is 361. The Kier molecular flexibility index (Phi) is 1.69. The van der Waals surface area contributed by atoms with Crippen LogP contribution >= 0.6 is 0 Å². The lowest BCUT2D eigenvalue weighted by Gasteiger charge is -2.27. The van der Waals surface area contributed by atoms with Gasteiger partial charge in [0.25, 0.3) is 0 Å². The fourth-order valence-corrected chi connectivity index (χ4v) is 1.48. The van der Waals surface area contributed by atoms with E-state index in [0.29, 0.717) is 0 Å². The van der Waals surface area contributed by atoms with Gasteiger partial charge in [-0.25, -0.2) is 0 Å². The van der Waals surface area contributed by atoms with Gasteiger partial charge in [0.15, 0.2) is 0 Å².